The van der Waals surface area contributed by atoms with E-state index in [0.29, 0.717) is 12.3 Å². The largest absolute Gasteiger partial charge is 0.469 e. The standard InChI is InChI=1S/C12H22O2/c1-11(2)9-7-5-4-6-8-10-12(13)14-3/h7,9,11H,4-6,8,10H2,1-3H3/b9-7-. The molecular weight excluding hydrogens is 176 g/mol. The first-order valence-electron chi connectivity index (χ1n) is 5.40. The molecule has 0 N–H and O–H groups in total. The molecule has 0 atom stereocenters. The van der Waals surface area contributed by atoms with E-state index < -0.39 is 0 Å². The van der Waals surface area contributed by atoms with E-state index in [0.717, 1.165) is 19.3 Å². The highest BCUT2D eigenvalue weighted by molar-refractivity contribution is 5.68. The van der Waals surface area contributed by atoms with Crippen molar-refractivity contribution in [3.05, 3.63) is 12.2 Å². The Kier molecular flexibility index (Phi) is 8.30. The molecule has 0 heterocycles. The number of hydrogen-bond acceptors (Lipinski definition) is 2. The number of ether oxygens (including phenoxy) is 1. The first-order chi connectivity index (χ1) is 6.66. The molecule has 0 aliphatic carbocycles. The topological polar surface area (TPSA) is 26.3 Å². The Morgan fingerprint density at radius 1 is 1.29 bits per heavy atom. The predicted octanol–water partition coefficient (Wildman–Crippen LogP) is 3.32. The van der Waals surface area contributed by atoms with Crippen LogP contribution in [0.2, 0.25) is 0 Å². The number of methoxy groups -OCH3 is 1. The van der Waals surface area contributed by atoms with E-state index in [1.807, 2.05) is 0 Å². The van der Waals surface area contributed by atoms with Gasteiger partial charge in [-0.1, -0.05) is 32.4 Å². The molecule has 0 aromatic heterocycles. The Hall–Kier alpha value is -0.790. The first kappa shape index (κ1) is 13.2. The SMILES string of the molecule is COC(=O)CCCCC/C=C\C(C)C. The summed E-state index contributed by atoms with van der Waals surface area (Å²) in [6.07, 6.45) is 9.35. The number of unbranched alkanes of at least 4 members (excludes halogenated alkanes) is 3. The minimum absolute atomic E-state index is 0.0947. The van der Waals surface area contributed by atoms with Crippen molar-refractivity contribution in [3.8, 4) is 0 Å². The monoisotopic (exact) mass is 198 g/mol. The fourth-order valence-corrected chi connectivity index (χ4v) is 1.18. The molecule has 0 fully saturated rings. The Labute approximate surface area is 87.3 Å². The second-order valence-corrected chi connectivity index (χ2v) is 3.85. The molecule has 82 valence electrons. The lowest BCUT2D eigenvalue weighted by Crippen LogP contribution is -1.98. The highest BCUT2D eigenvalue weighted by atomic mass is 16.5. The van der Waals surface area contributed by atoms with Gasteiger partial charge in [0.1, 0.15) is 0 Å². The summed E-state index contributed by atoms with van der Waals surface area (Å²) in [4.78, 5) is 10.8. The van der Waals surface area contributed by atoms with E-state index in [9.17, 15) is 4.79 Å². The zero-order valence-electron chi connectivity index (χ0n) is 9.58. The lowest BCUT2D eigenvalue weighted by Gasteiger charge is -1.98. The molecule has 0 aromatic rings. The minimum atomic E-state index is -0.0947. The van der Waals surface area contributed by atoms with Crippen LogP contribution in [0.1, 0.15) is 46.0 Å². The average molecular weight is 198 g/mol. The van der Waals surface area contributed by atoms with E-state index in [1.54, 1.807) is 0 Å². The number of carbonyl (C=O) groups excluding carboxylic acids is 1. The number of hydrogen-bond donors (Lipinski definition) is 0. The van der Waals surface area contributed by atoms with Crippen LogP contribution in [-0.4, -0.2) is 13.1 Å². The average Bonchev–Trinajstić information content (AvgIpc) is 2.15. The van der Waals surface area contributed by atoms with E-state index in [4.69, 9.17) is 0 Å². The van der Waals surface area contributed by atoms with Crippen LogP contribution in [0.5, 0.6) is 0 Å². The Morgan fingerprint density at radius 3 is 2.57 bits per heavy atom. The summed E-state index contributed by atoms with van der Waals surface area (Å²) < 4.78 is 4.56. The van der Waals surface area contributed by atoms with Crippen LogP contribution in [-0.2, 0) is 9.53 Å². The molecule has 0 aromatic carbocycles. The van der Waals surface area contributed by atoms with Gasteiger partial charge in [0.05, 0.1) is 7.11 Å². The molecule has 2 heteroatoms. The molecular formula is C12H22O2. The molecule has 0 saturated heterocycles. The van der Waals surface area contributed by atoms with Gasteiger partial charge >= 0.3 is 5.97 Å². The molecule has 0 rings (SSSR count). The summed E-state index contributed by atoms with van der Waals surface area (Å²) in [5, 5.41) is 0. The van der Waals surface area contributed by atoms with Crippen molar-refractivity contribution in [1.29, 1.82) is 0 Å². The van der Waals surface area contributed by atoms with Crippen molar-refractivity contribution >= 4 is 5.97 Å². The van der Waals surface area contributed by atoms with Crippen LogP contribution in [0, 0.1) is 5.92 Å². The quantitative estimate of drug-likeness (QED) is 0.356. The molecule has 0 aliphatic heterocycles. The third kappa shape index (κ3) is 9.30. The summed E-state index contributed by atoms with van der Waals surface area (Å²) in [6, 6.07) is 0. The van der Waals surface area contributed by atoms with Gasteiger partial charge in [-0.15, -0.1) is 0 Å². The third-order valence-corrected chi connectivity index (χ3v) is 2.00. The highest BCUT2D eigenvalue weighted by Gasteiger charge is 1.97. The van der Waals surface area contributed by atoms with Crippen molar-refractivity contribution in [2.24, 2.45) is 5.92 Å². The maximum atomic E-state index is 10.8. The minimum Gasteiger partial charge on any atom is -0.469 e. The number of rotatable bonds is 7. The van der Waals surface area contributed by atoms with Gasteiger partial charge in [-0.05, 0) is 25.2 Å². The van der Waals surface area contributed by atoms with Crippen molar-refractivity contribution in [2.45, 2.75) is 46.0 Å². The maximum Gasteiger partial charge on any atom is 0.305 e. The van der Waals surface area contributed by atoms with Gasteiger partial charge < -0.3 is 4.74 Å². The van der Waals surface area contributed by atoms with Crippen LogP contribution < -0.4 is 0 Å². The molecule has 0 radical (unpaired) electrons. The van der Waals surface area contributed by atoms with Crippen molar-refractivity contribution < 1.29 is 9.53 Å². The number of carbonyl (C=O) groups is 1. The van der Waals surface area contributed by atoms with Crippen LogP contribution >= 0.6 is 0 Å². The van der Waals surface area contributed by atoms with Crippen LogP contribution in [0.15, 0.2) is 12.2 Å². The summed E-state index contributed by atoms with van der Waals surface area (Å²) >= 11 is 0. The van der Waals surface area contributed by atoms with E-state index >= 15 is 0 Å². The molecule has 0 bridgehead atoms. The van der Waals surface area contributed by atoms with Crippen molar-refractivity contribution in [2.75, 3.05) is 7.11 Å². The predicted molar refractivity (Wildman–Crippen MR) is 59.1 cm³/mol. The third-order valence-electron chi connectivity index (χ3n) is 2.00. The molecule has 0 amide bonds. The zero-order valence-corrected chi connectivity index (χ0v) is 9.58. The maximum absolute atomic E-state index is 10.8. The van der Waals surface area contributed by atoms with Gasteiger partial charge in [0.15, 0.2) is 0 Å². The Morgan fingerprint density at radius 2 is 2.00 bits per heavy atom. The smallest absolute Gasteiger partial charge is 0.305 e. The lowest BCUT2D eigenvalue weighted by molar-refractivity contribution is -0.140. The van der Waals surface area contributed by atoms with E-state index in [2.05, 4.69) is 30.7 Å². The van der Waals surface area contributed by atoms with Gasteiger partial charge in [-0.25, -0.2) is 0 Å². The molecule has 14 heavy (non-hydrogen) atoms. The van der Waals surface area contributed by atoms with E-state index in [-0.39, 0.29) is 5.97 Å². The summed E-state index contributed by atoms with van der Waals surface area (Å²) in [6.45, 7) is 4.35. The Bertz CT molecular complexity index is 171. The number of esters is 1. The van der Waals surface area contributed by atoms with Crippen LogP contribution in [0.4, 0.5) is 0 Å². The second-order valence-electron chi connectivity index (χ2n) is 3.85. The molecule has 0 spiro atoms. The molecule has 0 unspecified atom stereocenters. The fraction of sp³-hybridized carbons (Fsp3) is 0.750. The summed E-state index contributed by atoms with van der Waals surface area (Å²) in [5.41, 5.74) is 0. The van der Waals surface area contributed by atoms with Crippen molar-refractivity contribution in [1.82, 2.24) is 0 Å². The molecule has 0 saturated carbocycles. The van der Waals surface area contributed by atoms with Gasteiger partial charge in [0.25, 0.3) is 0 Å². The van der Waals surface area contributed by atoms with Gasteiger partial charge in [-0.2, -0.15) is 0 Å². The van der Waals surface area contributed by atoms with Crippen LogP contribution in [0.25, 0.3) is 0 Å². The second kappa shape index (κ2) is 8.79. The normalized spacial score (nSPS) is 11.1. The fourth-order valence-electron chi connectivity index (χ4n) is 1.18. The van der Waals surface area contributed by atoms with Crippen molar-refractivity contribution in [3.63, 3.8) is 0 Å². The van der Waals surface area contributed by atoms with Gasteiger partial charge in [0, 0.05) is 6.42 Å². The van der Waals surface area contributed by atoms with Gasteiger partial charge in [-0.3, -0.25) is 4.79 Å². The number of allylic oxidation sites excluding steroid dienone is 2. The van der Waals surface area contributed by atoms with Crippen LogP contribution in [0.3, 0.4) is 0 Å². The molecule has 0 aliphatic rings. The zero-order chi connectivity index (χ0) is 10.8. The molecule has 2 nitrogen and oxygen atoms in total. The van der Waals surface area contributed by atoms with E-state index in [1.165, 1.54) is 13.5 Å². The lowest BCUT2D eigenvalue weighted by atomic mass is 10.1. The highest BCUT2D eigenvalue weighted by Crippen LogP contribution is 2.05. The Balaban J connectivity index is 3.18. The summed E-state index contributed by atoms with van der Waals surface area (Å²) in [7, 11) is 1.44. The first-order valence-corrected chi connectivity index (χ1v) is 5.40. The van der Waals surface area contributed by atoms with Gasteiger partial charge in [0.2, 0.25) is 0 Å². The summed E-state index contributed by atoms with van der Waals surface area (Å²) in [5.74, 6) is 0.549.